The number of primary amides is 1. The van der Waals surface area contributed by atoms with E-state index in [-0.39, 0.29) is 62.0 Å². The monoisotopic (exact) mass is 1040 g/mol. The Bertz CT molecular complexity index is 2740. The molecule has 2 saturated heterocycles. The molecular formula is C49H55F4N9O8S2. The predicted octanol–water partition coefficient (Wildman–Crippen LogP) is 6.59. The Morgan fingerprint density at radius 2 is 1.72 bits per heavy atom. The van der Waals surface area contributed by atoms with Gasteiger partial charge in [-0.25, -0.2) is 14.4 Å². The number of carbonyl (C=O) groups is 5. The lowest BCUT2D eigenvalue weighted by Crippen LogP contribution is -2.58. The molecule has 6 rings (SSSR count). The number of nitrogens with zero attached hydrogens (tertiary/aromatic N) is 6. The zero-order valence-corrected chi connectivity index (χ0v) is 42.1. The number of hydrogen-bond donors (Lipinski definition) is 3. The molecule has 0 spiro atoms. The molecule has 384 valence electrons. The third-order valence-corrected chi connectivity index (χ3v) is 13.3. The number of nitriles is 1. The van der Waals surface area contributed by atoms with Crippen molar-refractivity contribution in [3.8, 4) is 22.4 Å². The second-order valence-corrected chi connectivity index (χ2v) is 19.8. The number of benzene rings is 2. The van der Waals surface area contributed by atoms with Crippen LogP contribution in [0.25, 0.3) is 10.4 Å². The molecule has 0 saturated carbocycles. The first-order valence-corrected chi connectivity index (χ1v) is 24.2. The van der Waals surface area contributed by atoms with Crippen molar-refractivity contribution >= 4 is 69.6 Å². The molecule has 2 aliphatic rings. The van der Waals surface area contributed by atoms with Gasteiger partial charge in [0.2, 0.25) is 23.6 Å². The number of carbonyl (C=O) groups excluding carboxylic acids is 5. The highest BCUT2D eigenvalue weighted by atomic mass is 32.1. The van der Waals surface area contributed by atoms with Crippen LogP contribution >= 0.6 is 23.6 Å². The average Bonchev–Trinajstić information content (AvgIpc) is 4.03. The van der Waals surface area contributed by atoms with Crippen LogP contribution in [0.4, 0.5) is 28.9 Å². The van der Waals surface area contributed by atoms with E-state index in [2.05, 4.69) is 20.6 Å². The molecule has 17 nitrogen and oxygen atoms in total. The van der Waals surface area contributed by atoms with Crippen molar-refractivity contribution in [2.75, 3.05) is 49.4 Å². The Hall–Kier alpha value is -6.61. The molecule has 0 unspecified atom stereocenters. The first kappa shape index (κ1) is 54.7. The number of anilines is 2. The number of rotatable bonds is 20. The molecule has 4 aromatic rings. The smallest absolute Gasteiger partial charge is 0.420 e. The van der Waals surface area contributed by atoms with Gasteiger partial charge in [-0.3, -0.25) is 28.9 Å². The fourth-order valence-electron chi connectivity index (χ4n) is 8.24. The number of ether oxygens (including phenoxy) is 3. The zero-order valence-electron chi connectivity index (χ0n) is 40.5. The van der Waals surface area contributed by atoms with E-state index in [0.29, 0.717) is 43.7 Å². The van der Waals surface area contributed by atoms with Crippen molar-refractivity contribution in [3.63, 3.8) is 0 Å². The van der Waals surface area contributed by atoms with E-state index in [0.717, 1.165) is 33.8 Å². The van der Waals surface area contributed by atoms with Gasteiger partial charge in [-0.05, 0) is 93.4 Å². The van der Waals surface area contributed by atoms with Crippen LogP contribution in [0.15, 0.2) is 54.2 Å². The van der Waals surface area contributed by atoms with E-state index in [1.54, 1.807) is 21.7 Å². The molecule has 72 heavy (non-hydrogen) atoms. The third-order valence-electron chi connectivity index (χ3n) is 12.0. The van der Waals surface area contributed by atoms with Crippen molar-refractivity contribution in [1.82, 2.24) is 25.5 Å². The number of likely N-dealkylation sites (tertiary alicyclic amines) is 1. The molecular weight excluding hydrogens is 983 g/mol. The summed E-state index contributed by atoms with van der Waals surface area (Å²) in [5, 5.41) is 14.5. The van der Waals surface area contributed by atoms with Crippen molar-refractivity contribution in [3.05, 3.63) is 87.9 Å². The van der Waals surface area contributed by atoms with E-state index in [9.17, 15) is 42.4 Å². The summed E-state index contributed by atoms with van der Waals surface area (Å²) in [6.07, 6.45) is -1.94. The van der Waals surface area contributed by atoms with Crippen LogP contribution in [-0.2, 0) is 41.4 Å². The average molecular weight is 1040 g/mol. The summed E-state index contributed by atoms with van der Waals surface area (Å²) in [5.74, 6) is -4.95. The highest BCUT2D eigenvalue weighted by Crippen LogP contribution is 2.42. The van der Waals surface area contributed by atoms with Crippen LogP contribution in [0.3, 0.4) is 0 Å². The molecule has 2 aromatic carbocycles. The van der Waals surface area contributed by atoms with Crippen LogP contribution in [0.2, 0.25) is 0 Å². The van der Waals surface area contributed by atoms with Gasteiger partial charge in [0.25, 0.3) is 11.8 Å². The number of halogens is 4. The summed E-state index contributed by atoms with van der Waals surface area (Å²) < 4.78 is 73.7. The molecule has 2 aliphatic heterocycles. The van der Waals surface area contributed by atoms with E-state index in [1.807, 2.05) is 52.0 Å². The van der Waals surface area contributed by atoms with Crippen LogP contribution in [-0.4, -0.2) is 107 Å². The van der Waals surface area contributed by atoms with Gasteiger partial charge in [0.15, 0.2) is 10.9 Å². The highest BCUT2D eigenvalue weighted by Gasteiger charge is 2.52. The minimum absolute atomic E-state index is 0.0389. The second kappa shape index (κ2) is 22.9. The maximum atomic E-state index is 15.5. The Labute approximate surface area is 423 Å². The summed E-state index contributed by atoms with van der Waals surface area (Å²) in [6.45, 7) is 11.2. The summed E-state index contributed by atoms with van der Waals surface area (Å²) in [4.78, 5) is 79.4. The van der Waals surface area contributed by atoms with Crippen LogP contribution in [0.5, 0.6) is 5.88 Å². The number of aryl methyl sites for hydroxylation is 1. The number of pyridine rings is 1. The van der Waals surface area contributed by atoms with Gasteiger partial charge in [0.1, 0.15) is 35.4 Å². The maximum absolute atomic E-state index is 15.5. The Morgan fingerprint density at radius 1 is 1.03 bits per heavy atom. The van der Waals surface area contributed by atoms with E-state index in [1.165, 1.54) is 37.1 Å². The molecule has 5 amide bonds. The molecule has 0 bridgehead atoms. The van der Waals surface area contributed by atoms with E-state index >= 15 is 4.39 Å². The summed E-state index contributed by atoms with van der Waals surface area (Å²) in [7, 11) is 0. The zero-order chi connectivity index (χ0) is 52.7. The molecule has 23 heteroatoms. The normalized spacial score (nSPS) is 16.2. The quantitative estimate of drug-likeness (QED) is 0.0484. The number of unbranched alkanes of at least 4 members (excludes halogenated alkanes) is 1. The largest absolute Gasteiger partial charge is 0.477 e. The Morgan fingerprint density at radius 3 is 2.36 bits per heavy atom. The van der Waals surface area contributed by atoms with E-state index < -0.39 is 74.7 Å². The number of aromatic nitrogens is 2. The minimum atomic E-state index is -5.25. The number of thiocarbonyl (C=S) groups is 1. The van der Waals surface area contributed by atoms with Gasteiger partial charge in [-0.2, -0.15) is 18.4 Å². The number of nitrogens with two attached hydrogens (primary N) is 1. The van der Waals surface area contributed by atoms with Gasteiger partial charge in [-0.1, -0.05) is 45.0 Å². The topological polar surface area (TPSA) is 222 Å². The second-order valence-electron chi connectivity index (χ2n) is 18.6. The van der Waals surface area contributed by atoms with Crippen LogP contribution < -0.4 is 30.9 Å². The van der Waals surface area contributed by atoms with Crippen molar-refractivity contribution in [1.29, 1.82) is 5.26 Å². The molecule has 0 aliphatic carbocycles. The predicted molar refractivity (Wildman–Crippen MR) is 262 cm³/mol. The van der Waals surface area contributed by atoms with Gasteiger partial charge in [-0.15, -0.1) is 11.3 Å². The van der Waals surface area contributed by atoms with E-state index in [4.69, 9.17) is 32.2 Å². The lowest BCUT2D eigenvalue weighted by molar-refractivity contribution is -0.144. The highest BCUT2D eigenvalue weighted by molar-refractivity contribution is 7.81. The van der Waals surface area contributed by atoms with Crippen LogP contribution in [0.1, 0.15) is 93.0 Å². The fourth-order valence-corrected chi connectivity index (χ4v) is 9.57. The molecule has 0 radical (unpaired) electrons. The summed E-state index contributed by atoms with van der Waals surface area (Å²) in [6, 6.07) is 10.5. The fraction of sp³-hybridized carbons (Fsp3) is 0.449. The first-order valence-electron chi connectivity index (χ1n) is 22.9. The standard InChI is InChI=1S/C49H55F4N9O8S2/c1-28-39(72-27-58-28)30-13-11-29(12-14-30)24-56-42(65)35-10-9-17-60(35)44(66)40(47(2,3)4)59-36(63)26-69-21-20-68-18-7-8-19-70-43-33(41(55)64)22-32(25-57-43)62-46(71)61(45(67)48(62,5)6)34-16-15-31(23-54)37(38(34)50)49(51,52)53/h11-16,22,25,27,35,40H,7-10,17-21,24,26H2,1-6H3,(H2,55,64)(H,56,65)(H,59,63)/t35-,40+/m0/s1. The van der Waals surface area contributed by atoms with Gasteiger partial charge in [0.05, 0.1) is 65.1 Å². The number of amides is 5. The maximum Gasteiger partial charge on any atom is 0.420 e. The molecule has 4 N–H and O–H groups in total. The lowest BCUT2D eigenvalue weighted by Gasteiger charge is -2.35. The molecule has 2 aromatic heterocycles. The molecule has 2 fully saturated rings. The SMILES string of the molecule is Cc1ncsc1-c1ccc(CNC(=O)[C@@H]2CCCN2C(=O)[C@@H](NC(=O)COCCOCCCCOc2ncc(N3C(=S)N(c4ccc(C#N)c(C(F)(F)F)c4F)C(=O)C3(C)C)cc2C(N)=O)C(C)(C)C)cc1. The Balaban J connectivity index is 0.921. The van der Waals surface area contributed by atoms with Crippen molar-refractivity contribution in [2.24, 2.45) is 11.1 Å². The first-order chi connectivity index (χ1) is 34.0. The van der Waals surface area contributed by atoms with Gasteiger partial charge < -0.3 is 40.4 Å². The molecule has 4 heterocycles. The van der Waals surface area contributed by atoms with Crippen molar-refractivity contribution in [2.45, 2.75) is 97.6 Å². The number of thiazole rings is 1. The number of alkyl halides is 3. The number of nitrogens with one attached hydrogen (secondary N) is 2. The van der Waals surface area contributed by atoms with Crippen LogP contribution in [0, 0.1) is 29.5 Å². The number of hydrogen-bond acceptors (Lipinski definition) is 13. The lowest BCUT2D eigenvalue weighted by atomic mass is 9.85. The minimum Gasteiger partial charge on any atom is -0.477 e. The van der Waals surface area contributed by atoms with Gasteiger partial charge in [0, 0.05) is 19.7 Å². The third kappa shape index (κ3) is 12.3. The molecule has 2 atom stereocenters. The summed E-state index contributed by atoms with van der Waals surface area (Å²) >= 11 is 7.04. The Kier molecular flexibility index (Phi) is 17.4. The van der Waals surface area contributed by atoms with Gasteiger partial charge >= 0.3 is 6.18 Å². The summed E-state index contributed by atoms with van der Waals surface area (Å²) in [5.41, 5.74) is 4.28. The van der Waals surface area contributed by atoms with Crippen molar-refractivity contribution < 1.29 is 55.7 Å².